The monoisotopic (exact) mass is 281 g/mol. The fourth-order valence-corrected chi connectivity index (χ4v) is 2.54. The summed E-state index contributed by atoms with van der Waals surface area (Å²) in [5.41, 5.74) is 3.41. The summed E-state index contributed by atoms with van der Waals surface area (Å²) < 4.78 is 5.45. The molecule has 0 fully saturated rings. The van der Waals surface area contributed by atoms with E-state index < -0.39 is 11.7 Å². The van der Waals surface area contributed by atoms with Crippen LogP contribution in [-0.2, 0) is 10.3 Å². The van der Waals surface area contributed by atoms with Gasteiger partial charge in [-0.15, -0.1) is 0 Å². The first-order valence-corrected chi connectivity index (χ1v) is 6.80. The number of aromatic amines is 1. The molecule has 2 N–H and O–H groups in total. The number of hydrogen-bond acceptors (Lipinski definition) is 3. The number of amides is 1. The Balaban J connectivity index is 2.10. The van der Waals surface area contributed by atoms with Gasteiger partial charge in [0.2, 0.25) is 0 Å². The molecule has 5 nitrogen and oxygen atoms in total. The number of anilines is 1. The van der Waals surface area contributed by atoms with Gasteiger partial charge in [0, 0.05) is 11.3 Å². The third-order valence-electron chi connectivity index (χ3n) is 3.94. The van der Waals surface area contributed by atoms with Gasteiger partial charge in [0.25, 0.3) is 0 Å². The van der Waals surface area contributed by atoms with Gasteiger partial charge in [0.1, 0.15) is 17.4 Å². The van der Waals surface area contributed by atoms with Crippen LogP contribution in [0.3, 0.4) is 0 Å². The lowest BCUT2D eigenvalue weighted by Gasteiger charge is -2.35. The molecule has 2 aromatic rings. The fraction of sp³-hybridized carbons (Fsp3) is 0.250. The molecule has 0 saturated carbocycles. The smallest absolute Gasteiger partial charge is 0.412 e. The first-order valence-electron chi connectivity index (χ1n) is 6.80. The predicted molar refractivity (Wildman–Crippen MR) is 78.7 cm³/mol. The highest BCUT2D eigenvalue weighted by molar-refractivity contribution is 5.89. The van der Waals surface area contributed by atoms with E-state index in [9.17, 15) is 4.79 Å². The zero-order valence-corrected chi connectivity index (χ0v) is 11.9. The Morgan fingerprint density at radius 3 is 2.81 bits per heavy atom. The molecule has 1 atom stereocenters. The van der Waals surface area contributed by atoms with E-state index in [0.29, 0.717) is 12.1 Å². The number of nitrogens with one attached hydrogen (secondary N) is 2. The van der Waals surface area contributed by atoms with Gasteiger partial charge in [-0.2, -0.15) is 5.26 Å². The number of ether oxygens (including phenoxy) is 1. The molecule has 0 radical (unpaired) electrons. The van der Waals surface area contributed by atoms with Crippen LogP contribution in [0.15, 0.2) is 30.3 Å². The average Bonchev–Trinajstić information content (AvgIpc) is 2.96. The van der Waals surface area contributed by atoms with Gasteiger partial charge in [-0.3, -0.25) is 5.32 Å². The summed E-state index contributed by atoms with van der Waals surface area (Å²) in [6.45, 7) is 3.89. The Hall–Kier alpha value is -2.74. The van der Waals surface area contributed by atoms with Crippen molar-refractivity contribution in [2.75, 3.05) is 5.32 Å². The Kier molecular flexibility index (Phi) is 2.95. The van der Waals surface area contributed by atoms with Crippen LogP contribution in [0, 0.1) is 11.3 Å². The number of hydrogen-bond donors (Lipinski definition) is 2. The SMILES string of the molecule is CCC1(C)OC(=O)Nc2ccc(-c3ccc(C#N)[nH]3)cc21. The van der Waals surface area contributed by atoms with Crippen LogP contribution in [0.5, 0.6) is 0 Å². The third-order valence-corrected chi connectivity index (χ3v) is 3.94. The lowest BCUT2D eigenvalue weighted by Crippen LogP contribution is -2.36. The van der Waals surface area contributed by atoms with Crippen LogP contribution in [-0.4, -0.2) is 11.1 Å². The van der Waals surface area contributed by atoms with Crippen LogP contribution >= 0.6 is 0 Å². The molecule has 1 aromatic heterocycles. The van der Waals surface area contributed by atoms with Gasteiger partial charge in [-0.1, -0.05) is 13.0 Å². The number of nitriles is 1. The topological polar surface area (TPSA) is 77.9 Å². The predicted octanol–water partition coefficient (Wildman–Crippen LogP) is 3.74. The van der Waals surface area contributed by atoms with Gasteiger partial charge in [0.05, 0.1) is 5.69 Å². The summed E-state index contributed by atoms with van der Waals surface area (Å²) >= 11 is 0. The van der Waals surface area contributed by atoms with Crippen molar-refractivity contribution in [1.82, 2.24) is 4.98 Å². The summed E-state index contributed by atoms with van der Waals surface area (Å²) in [4.78, 5) is 14.7. The minimum Gasteiger partial charge on any atom is -0.438 e. The van der Waals surface area contributed by atoms with Gasteiger partial charge < -0.3 is 9.72 Å². The quantitative estimate of drug-likeness (QED) is 0.880. The molecule has 2 heterocycles. The van der Waals surface area contributed by atoms with Crippen LogP contribution < -0.4 is 5.32 Å². The number of carbonyl (C=O) groups is 1. The maximum absolute atomic E-state index is 11.6. The van der Waals surface area contributed by atoms with Crippen LogP contribution in [0.2, 0.25) is 0 Å². The first kappa shape index (κ1) is 13.3. The van der Waals surface area contributed by atoms with E-state index >= 15 is 0 Å². The minimum atomic E-state index is -0.641. The van der Waals surface area contributed by atoms with E-state index in [1.165, 1.54) is 0 Å². The molecule has 0 aliphatic carbocycles. The van der Waals surface area contributed by atoms with Crippen LogP contribution in [0.1, 0.15) is 31.5 Å². The molecule has 1 aliphatic rings. The number of cyclic esters (lactones) is 1. The zero-order valence-electron chi connectivity index (χ0n) is 11.9. The Morgan fingerprint density at radius 1 is 1.33 bits per heavy atom. The van der Waals surface area contributed by atoms with E-state index in [-0.39, 0.29) is 0 Å². The van der Waals surface area contributed by atoms with Crippen molar-refractivity contribution in [2.45, 2.75) is 25.9 Å². The van der Waals surface area contributed by atoms with Gasteiger partial charge in [0.15, 0.2) is 0 Å². The lowest BCUT2D eigenvalue weighted by molar-refractivity contribution is 0.0236. The maximum Gasteiger partial charge on any atom is 0.412 e. The molecule has 1 aromatic carbocycles. The maximum atomic E-state index is 11.6. The number of carbonyl (C=O) groups excluding carboxylic acids is 1. The van der Waals surface area contributed by atoms with Gasteiger partial charge in [-0.25, -0.2) is 4.79 Å². The van der Waals surface area contributed by atoms with Crippen molar-refractivity contribution in [3.63, 3.8) is 0 Å². The first-order chi connectivity index (χ1) is 10.1. The minimum absolute atomic E-state index is 0.425. The zero-order chi connectivity index (χ0) is 15.0. The molecule has 0 bridgehead atoms. The van der Waals surface area contributed by atoms with Gasteiger partial charge >= 0.3 is 6.09 Å². The number of rotatable bonds is 2. The number of H-pyrrole nitrogens is 1. The van der Waals surface area contributed by atoms with E-state index in [0.717, 1.165) is 22.5 Å². The molecule has 106 valence electrons. The number of aromatic nitrogens is 1. The second kappa shape index (κ2) is 4.67. The third kappa shape index (κ3) is 2.15. The van der Waals surface area contributed by atoms with Crippen LogP contribution in [0.4, 0.5) is 10.5 Å². The molecule has 5 heteroatoms. The number of benzene rings is 1. The summed E-state index contributed by atoms with van der Waals surface area (Å²) in [5.74, 6) is 0. The normalized spacial score (nSPS) is 20.1. The summed E-state index contributed by atoms with van der Waals surface area (Å²) in [6, 6.07) is 11.5. The molecule has 0 saturated heterocycles. The highest BCUT2D eigenvalue weighted by Gasteiger charge is 2.36. The average molecular weight is 281 g/mol. The molecular weight excluding hydrogens is 266 g/mol. The van der Waals surface area contributed by atoms with Crippen molar-refractivity contribution in [3.05, 3.63) is 41.6 Å². The van der Waals surface area contributed by atoms with Crippen molar-refractivity contribution >= 4 is 11.8 Å². The van der Waals surface area contributed by atoms with Crippen molar-refractivity contribution < 1.29 is 9.53 Å². The van der Waals surface area contributed by atoms with Crippen LogP contribution in [0.25, 0.3) is 11.3 Å². The highest BCUT2D eigenvalue weighted by atomic mass is 16.6. The van der Waals surface area contributed by atoms with E-state index in [1.807, 2.05) is 38.1 Å². The van der Waals surface area contributed by atoms with Crippen molar-refractivity contribution in [1.29, 1.82) is 5.26 Å². The van der Waals surface area contributed by atoms with E-state index in [1.54, 1.807) is 6.07 Å². The highest BCUT2D eigenvalue weighted by Crippen LogP contribution is 2.40. The van der Waals surface area contributed by atoms with Crippen molar-refractivity contribution in [3.8, 4) is 17.3 Å². The molecule has 1 unspecified atom stereocenters. The molecule has 1 amide bonds. The molecule has 3 rings (SSSR count). The Labute approximate surface area is 122 Å². The largest absolute Gasteiger partial charge is 0.438 e. The molecule has 0 spiro atoms. The Morgan fingerprint density at radius 2 is 2.14 bits per heavy atom. The van der Waals surface area contributed by atoms with E-state index in [4.69, 9.17) is 10.00 Å². The fourth-order valence-electron chi connectivity index (χ4n) is 2.54. The lowest BCUT2D eigenvalue weighted by atomic mass is 9.88. The van der Waals surface area contributed by atoms with E-state index in [2.05, 4.69) is 16.4 Å². The summed E-state index contributed by atoms with van der Waals surface area (Å²) in [7, 11) is 0. The number of fused-ring (bicyclic) bond motifs is 1. The van der Waals surface area contributed by atoms with Gasteiger partial charge in [-0.05, 0) is 43.2 Å². The Bertz CT molecular complexity index is 757. The second-order valence-corrected chi connectivity index (χ2v) is 5.26. The molecular formula is C16H15N3O2. The van der Waals surface area contributed by atoms with Crippen molar-refractivity contribution in [2.24, 2.45) is 0 Å². The number of nitrogens with zero attached hydrogens (tertiary/aromatic N) is 1. The molecule has 21 heavy (non-hydrogen) atoms. The second-order valence-electron chi connectivity index (χ2n) is 5.26. The molecule has 1 aliphatic heterocycles. The summed E-state index contributed by atoms with van der Waals surface area (Å²) in [6.07, 6.45) is 0.261. The summed E-state index contributed by atoms with van der Waals surface area (Å²) in [5, 5.41) is 11.6. The standard InChI is InChI=1S/C16H15N3O2/c1-3-16(2)12-8-10(13-7-5-11(9-17)18-13)4-6-14(12)19-15(20)21-16/h4-8,18H,3H2,1-2H3,(H,19,20).